The zero-order chi connectivity index (χ0) is 18.1. The molecule has 1 aromatic rings. The summed E-state index contributed by atoms with van der Waals surface area (Å²) >= 11 is 0. The molecule has 5 nitrogen and oxygen atoms in total. The Bertz CT molecular complexity index is 560. The van der Waals surface area contributed by atoms with Crippen LogP contribution in [-0.2, 0) is 11.3 Å². The van der Waals surface area contributed by atoms with Crippen LogP contribution in [0.15, 0.2) is 29.3 Å². The molecule has 140 valence electrons. The third kappa shape index (κ3) is 8.11. The molecule has 1 fully saturated rings. The summed E-state index contributed by atoms with van der Waals surface area (Å²) in [6, 6.07) is 6.03. The van der Waals surface area contributed by atoms with E-state index in [0.717, 1.165) is 18.9 Å². The summed E-state index contributed by atoms with van der Waals surface area (Å²) in [5.74, 6) is 1.05. The van der Waals surface area contributed by atoms with Crippen molar-refractivity contribution in [3.63, 3.8) is 0 Å². The number of guanidine groups is 1. The average molecular weight is 359 g/mol. The molecule has 1 saturated carbocycles. The number of halogens is 3. The van der Waals surface area contributed by atoms with E-state index in [-0.39, 0.29) is 12.3 Å². The second kappa shape index (κ2) is 9.50. The van der Waals surface area contributed by atoms with E-state index in [1.807, 2.05) is 0 Å². The smallest absolute Gasteiger partial charge is 0.405 e. The molecule has 2 rings (SSSR count). The summed E-state index contributed by atoms with van der Waals surface area (Å²) in [5, 5.41) is 6.09. The molecule has 0 aliphatic heterocycles. The Morgan fingerprint density at radius 2 is 2.00 bits per heavy atom. The zero-order valence-electron chi connectivity index (χ0n) is 14.2. The van der Waals surface area contributed by atoms with Crippen LogP contribution in [-0.4, -0.2) is 39.1 Å². The van der Waals surface area contributed by atoms with E-state index in [1.54, 1.807) is 19.2 Å². The summed E-state index contributed by atoms with van der Waals surface area (Å²) in [6.45, 7) is 2.36. The van der Waals surface area contributed by atoms with Gasteiger partial charge in [-0.05, 0) is 31.2 Å². The summed E-state index contributed by atoms with van der Waals surface area (Å²) in [4.78, 5) is 4.05. The molecule has 1 aliphatic carbocycles. The highest BCUT2D eigenvalue weighted by molar-refractivity contribution is 5.79. The van der Waals surface area contributed by atoms with E-state index in [0.29, 0.717) is 24.7 Å². The lowest BCUT2D eigenvalue weighted by Gasteiger charge is -2.15. The number of hydrogen-bond acceptors (Lipinski definition) is 3. The number of alkyl halides is 3. The van der Waals surface area contributed by atoms with Crippen molar-refractivity contribution in [2.75, 3.05) is 26.8 Å². The second-order valence-corrected chi connectivity index (χ2v) is 5.88. The van der Waals surface area contributed by atoms with E-state index >= 15 is 0 Å². The number of ether oxygens (including phenoxy) is 2. The lowest BCUT2D eigenvalue weighted by Crippen LogP contribution is -2.37. The Hall–Kier alpha value is -1.96. The molecule has 2 N–H and O–H groups in total. The largest absolute Gasteiger partial charge is 0.573 e. The van der Waals surface area contributed by atoms with Gasteiger partial charge in [-0.2, -0.15) is 0 Å². The molecule has 0 heterocycles. The molecule has 0 saturated heterocycles. The highest BCUT2D eigenvalue weighted by Crippen LogP contribution is 2.28. The lowest BCUT2D eigenvalue weighted by molar-refractivity contribution is -0.274. The van der Waals surface area contributed by atoms with E-state index in [4.69, 9.17) is 4.74 Å². The summed E-state index contributed by atoms with van der Waals surface area (Å²) in [7, 11) is 1.61. The van der Waals surface area contributed by atoms with Crippen LogP contribution in [0.2, 0.25) is 0 Å². The van der Waals surface area contributed by atoms with Gasteiger partial charge in [0, 0.05) is 38.9 Å². The fraction of sp³-hybridized carbons (Fsp3) is 0.588. The number of rotatable bonds is 9. The fourth-order valence-electron chi connectivity index (χ4n) is 2.19. The van der Waals surface area contributed by atoms with Crippen LogP contribution in [0.4, 0.5) is 13.2 Å². The Balaban J connectivity index is 1.70. The predicted octanol–water partition coefficient (Wildman–Crippen LogP) is 3.07. The number of para-hydroxylation sites is 1. The summed E-state index contributed by atoms with van der Waals surface area (Å²) in [6.07, 6.45) is -1.33. The highest BCUT2D eigenvalue weighted by Gasteiger charge is 2.31. The molecular formula is C17H24F3N3O2. The molecule has 0 amide bonds. The van der Waals surface area contributed by atoms with Gasteiger partial charge in [0.2, 0.25) is 0 Å². The van der Waals surface area contributed by atoms with E-state index in [1.165, 1.54) is 25.0 Å². The minimum Gasteiger partial charge on any atom is -0.405 e. The summed E-state index contributed by atoms with van der Waals surface area (Å²) in [5.41, 5.74) is 0.399. The van der Waals surface area contributed by atoms with Gasteiger partial charge in [0.25, 0.3) is 0 Å². The molecule has 8 heteroatoms. The second-order valence-electron chi connectivity index (χ2n) is 5.88. The number of hydrogen-bond donors (Lipinski definition) is 2. The van der Waals surface area contributed by atoms with E-state index in [9.17, 15) is 13.2 Å². The Morgan fingerprint density at radius 1 is 1.24 bits per heavy atom. The van der Waals surface area contributed by atoms with Gasteiger partial charge < -0.3 is 20.1 Å². The quantitative estimate of drug-likeness (QED) is 0.404. The predicted molar refractivity (Wildman–Crippen MR) is 89.5 cm³/mol. The molecule has 25 heavy (non-hydrogen) atoms. The fourth-order valence-corrected chi connectivity index (χ4v) is 2.19. The lowest BCUT2D eigenvalue weighted by atomic mass is 10.2. The van der Waals surface area contributed by atoms with Crippen LogP contribution >= 0.6 is 0 Å². The van der Waals surface area contributed by atoms with Gasteiger partial charge in [0.05, 0.1) is 0 Å². The molecule has 1 aliphatic rings. The van der Waals surface area contributed by atoms with Crippen molar-refractivity contribution in [2.24, 2.45) is 10.9 Å². The molecule has 0 spiro atoms. The molecule has 0 atom stereocenters. The standard InChI is InChI=1S/C17H24F3N3O2/c1-21-16(22-9-4-10-24-12-13-7-8-13)23-11-14-5-2-3-6-15(14)25-17(18,19)20/h2-3,5-6,13H,4,7-12H2,1H3,(H2,21,22,23). The van der Waals surface area contributed by atoms with Crippen molar-refractivity contribution in [2.45, 2.75) is 32.2 Å². The van der Waals surface area contributed by atoms with E-state index in [2.05, 4.69) is 20.4 Å². The molecular weight excluding hydrogens is 335 g/mol. The van der Waals surface area contributed by atoms with Gasteiger partial charge in [-0.3, -0.25) is 4.99 Å². The van der Waals surface area contributed by atoms with Crippen LogP contribution in [0.5, 0.6) is 5.75 Å². The maximum absolute atomic E-state index is 12.4. The van der Waals surface area contributed by atoms with Crippen LogP contribution < -0.4 is 15.4 Å². The van der Waals surface area contributed by atoms with Gasteiger partial charge in [-0.15, -0.1) is 13.2 Å². The average Bonchev–Trinajstić information content (AvgIpc) is 3.37. The number of benzene rings is 1. The van der Waals surface area contributed by atoms with Gasteiger partial charge in [-0.25, -0.2) is 0 Å². The third-order valence-corrected chi connectivity index (χ3v) is 3.68. The van der Waals surface area contributed by atoms with Crippen molar-refractivity contribution in [1.82, 2.24) is 10.6 Å². The van der Waals surface area contributed by atoms with Crippen LogP contribution in [0.3, 0.4) is 0 Å². The van der Waals surface area contributed by atoms with Crippen molar-refractivity contribution in [3.05, 3.63) is 29.8 Å². The first-order chi connectivity index (χ1) is 12.0. The highest BCUT2D eigenvalue weighted by atomic mass is 19.4. The topological polar surface area (TPSA) is 54.9 Å². The molecule has 1 aromatic carbocycles. The Morgan fingerprint density at radius 3 is 2.68 bits per heavy atom. The number of aliphatic imine (C=N–C) groups is 1. The minimum atomic E-state index is -4.71. The Kier molecular flexibility index (Phi) is 7.36. The van der Waals surface area contributed by atoms with Crippen molar-refractivity contribution in [3.8, 4) is 5.75 Å². The molecule has 0 aromatic heterocycles. The van der Waals surface area contributed by atoms with E-state index < -0.39 is 6.36 Å². The normalized spacial score (nSPS) is 15.1. The monoisotopic (exact) mass is 359 g/mol. The van der Waals surface area contributed by atoms with Crippen molar-refractivity contribution < 1.29 is 22.6 Å². The minimum absolute atomic E-state index is 0.171. The van der Waals surface area contributed by atoms with Gasteiger partial charge in [0.15, 0.2) is 5.96 Å². The molecule has 0 unspecified atom stereocenters. The van der Waals surface area contributed by atoms with Gasteiger partial charge >= 0.3 is 6.36 Å². The van der Waals surface area contributed by atoms with Crippen LogP contribution in [0.25, 0.3) is 0 Å². The third-order valence-electron chi connectivity index (χ3n) is 3.68. The Labute approximate surface area is 145 Å². The molecule has 0 radical (unpaired) electrons. The summed E-state index contributed by atoms with van der Waals surface area (Å²) < 4.78 is 46.8. The maximum Gasteiger partial charge on any atom is 0.573 e. The number of nitrogens with zero attached hydrogens (tertiary/aromatic N) is 1. The first kappa shape index (κ1) is 19.4. The van der Waals surface area contributed by atoms with Crippen LogP contribution in [0.1, 0.15) is 24.8 Å². The SMILES string of the molecule is CN=C(NCCCOCC1CC1)NCc1ccccc1OC(F)(F)F. The first-order valence-corrected chi connectivity index (χ1v) is 8.34. The zero-order valence-corrected chi connectivity index (χ0v) is 14.2. The van der Waals surface area contributed by atoms with Crippen LogP contribution in [0, 0.1) is 5.92 Å². The van der Waals surface area contributed by atoms with Gasteiger partial charge in [0.1, 0.15) is 5.75 Å². The number of nitrogens with one attached hydrogen (secondary N) is 2. The van der Waals surface area contributed by atoms with Gasteiger partial charge in [-0.1, -0.05) is 18.2 Å². The van der Waals surface area contributed by atoms with Crippen molar-refractivity contribution >= 4 is 5.96 Å². The maximum atomic E-state index is 12.4. The van der Waals surface area contributed by atoms with Crippen molar-refractivity contribution in [1.29, 1.82) is 0 Å². The first-order valence-electron chi connectivity index (χ1n) is 8.34. The molecule has 0 bridgehead atoms.